The highest BCUT2D eigenvalue weighted by Gasteiger charge is 2.27. The standard InChI is InChI=1S/C12H13BrN2O4/c13-8-1-3-9(4-2-8)14-11(17)19-12(18)15-6-5-10(16)7-15/h1-4,10,16H,5-7H2,(H,14,17). The lowest BCUT2D eigenvalue weighted by Crippen LogP contribution is -2.33. The van der Waals surface area contributed by atoms with Gasteiger partial charge in [-0.25, -0.2) is 9.59 Å². The Hall–Kier alpha value is -1.60. The summed E-state index contributed by atoms with van der Waals surface area (Å²) in [5, 5.41) is 11.7. The molecule has 1 aromatic rings. The first-order chi connectivity index (χ1) is 9.04. The van der Waals surface area contributed by atoms with Crippen molar-refractivity contribution < 1.29 is 19.4 Å². The topological polar surface area (TPSA) is 78.9 Å². The number of amides is 2. The minimum Gasteiger partial charge on any atom is -0.391 e. The number of hydrogen-bond acceptors (Lipinski definition) is 4. The first-order valence-corrected chi connectivity index (χ1v) is 6.55. The van der Waals surface area contributed by atoms with Crippen LogP contribution in [0.2, 0.25) is 0 Å². The number of nitrogens with one attached hydrogen (secondary N) is 1. The summed E-state index contributed by atoms with van der Waals surface area (Å²) < 4.78 is 5.51. The molecule has 1 heterocycles. The number of carbonyl (C=O) groups is 2. The third-order valence-electron chi connectivity index (χ3n) is 2.69. The summed E-state index contributed by atoms with van der Waals surface area (Å²) in [6.07, 6.45) is -1.62. The van der Waals surface area contributed by atoms with Crippen molar-refractivity contribution >= 4 is 33.8 Å². The predicted octanol–water partition coefficient (Wildman–Crippen LogP) is 2.18. The van der Waals surface area contributed by atoms with Crippen LogP contribution in [0, 0.1) is 0 Å². The van der Waals surface area contributed by atoms with Crippen LogP contribution in [0.15, 0.2) is 28.7 Å². The molecule has 2 rings (SSSR count). The van der Waals surface area contributed by atoms with Crippen molar-refractivity contribution in [1.82, 2.24) is 4.90 Å². The molecule has 1 saturated heterocycles. The van der Waals surface area contributed by atoms with Crippen LogP contribution in [-0.2, 0) is 4.74 Å². The van der Waals surface area contributed by atoms with Crippen LogP contribution in [0.4, 0.5) is 15.3 Å². The van der Waals surface area contributed by atoms with Crippen LogP contribution in [-0.4, -0.2) is 41.4 Å². The second-order valence-corrected chi connectivity index (χ2v) is 5.09. The maximum Gasteiger partial charge on any atom is 0.420 e. The Kier molecular flexibility index (Phi) is 4.39. The van der Waals surface area contributed by atoms with E-state index < -0.39 is 18.3 Å². The maximum atomic E-state index is 11.6. The van der Waals surface area contributed by atoms with E-state index in [1.54, 1.807) is 24.3 Å². The quantitative estimate of drug-likeness (QED) is 0.774. The SMILES string of the molecule is O=C(Nc1ccc(Br)cc1)OC(=O)N1CCC(O)C1. The molecule has 1 aliphatic rings. The Balaban J connectivity index is 1.84. The molecule has 0 aliphatic carbocycles. The first kappa shape index (κ1) is 13.8. The predicted molar refractivity (Wildman–Crippen MR) is 71.8 cm³/mol. The zero-order valence-corrected chi connectivity index (χ0v) is 11.6. The summed E-state index contributed by atoms with van der Waals surface area (Å²) in [4.78, 5) is 24.4. The Morgan fingerprint density at radius 1 is 1.37 bits per heavy atom. The van der Waals surface area contributed by atoms with Crippen molar-refractivity contribution in [3.05, 3.63) is 28.7 Å². The number of anilines is 1. The van der Waals surface area contributed by atoms with Crippen molar-refractivity contribution in [3.8, 4) is 0 Å². The second-order valence-electron chi connectivity index (χ2n) is 4.18. The van der Waals surface area contributed by atoms with E-state index in [0.717, 1.165) is 4.47 Å². The fraction of sp³-hybridized carbons (Fsp3) is 0.333. The molecule has 1 fully saturated rings. The van der Waals surface area contributed by atoms with E-state index in [4.69, 9.17) is 0 Å². The van der Waals surface area contributed by atoms with Crippen LogP contribution < -0.4 is 5.32 Å². The zero-order chi connectivity index (χ0) is 13.8. The molecule has 1 unspecified atom stereocenters. The molecule has 0 aromatic heterocycles. The monoisotopic (exact) mass is 328 g/mol. The molecule has 6 nitrogen and oxygen atoms in total. The fourth-order valence-electron chi connectivity index (χ4n) is 1.73. The molecular formula is C12H13BrN2O4. The van der Waals surface area contributed by atoms with Crippen LogP contribution in [0.25, 0.3) is 0 Å². The molecule has 2 N–H and O–H groups in total. The fourth-order valence-corrected chi connectivity index (χ4v) is 1.99. The van der Waals surface area contributed by atoms with Gasteiger partial charge in [0.25, 0.3) is 0 Å². The summed E-state index contributed by atoms with van der Waals surface area (Å²) >= 11 is 3.27. The number of nitrogens with zero attached hydrogens (tertiary/aromatic N) is 1. The van der Waals surface area contributed by atoms with Gasteiger partial charge in [0, 0.05) is 23.2 Å². The van der Waals surface area contributed by atoms with E-state index in [2.05, 4.69) is 26.0 Å². The van der Waals surface area contributed by atoms with Crippen molar-refractivity contribution in [2.45, 2.75) is 12.5 Å². The van der Waals surface area contributed by atoms with Crippen LogP contribution in [0.3, 0.4) is 0 Å². The molecule has 1 aromatic carbocycles. The van der Waals surface area contributed by atoms with Crippen LogP contribution >= 0.6 is 15.9 Å². The van der Waals surface area contributed by atoms with Gasteiger partial charge in [0.15, 0.2) is 0 Å². The number of ether oxygens (including phenoxy) is 1. The average molecular weight is 329 g/mol. The van der Waals surface area contributed by atoms with Crippen LogP contribution in [0.1, 0.15) is 6.42 Å². The molecule has 7 heteroatoms. The van der Waals surface area contributed by atoms with E-state index in [1.807, 2.05) is 0 Å². The number of halogens is 1. The van der Waals surface area contributed by atoms with E-state index in [0.29, 0.717) is 18.7 Å². The van der Waals surface area contributed by atoms with Crippen molar-refractivity contribution in [3.63, 3.8) is 0 Å². The van der Waals surface area contributed by atoms with Gasteiger partial charge in [-0.15, -0.1) is 0 Å². The van der Waals surface area contributed by atoms with Gasteiger partial charge in [-0.3, -0.25) is 5.32 Å². The zero-order valence-electron chi connectivity index (χ0n) is 10.0. The lowest BCUT2D eigenvalue weighted by atomic mass is 10.3. The molecule has 0 radical (unpaired) electrons. The second kappa shape index (κ2) is 6.03. The van der Waals surface area contributed by atoms with Gasteiger partial charge in [-0.2, -0.15) is 0 Å². The number of aliphatic hydroxyl groups excluding tert-OH is 1. The minimum atomic E-state index is -0.839. The van der Waals surface area contributed by atoms with Gasteiger partial charge in [0.2, 0.25) is 0 Å². The number of likely N-dealkylation sites (tertiary alicyclic amines) is 1. The third kappa shape index (κ3) is 3.93. The highest BCUT2D eigenvalue weighted by atomic mass is 79.9. The van der Waals surface area contributed by atoms with Gasteiger partial charge in [0.1, 0.15) is 0 Å². The highest BCUT2D eigenvalue weighted by Crippen LogP contribution is 2.15. The Morgan fingerprint density at radius 2 is 2.05 bits per heavy atom. The summed E-state index contributed by atoms with van der Waals surface area (Å²) in [7, 11) is 0. The number of carbonyl (C=O) groups excluding carboxylic acids is 2. The van der Waals surface area contributed by atoms with Crippen molar-refractivity contribution in [2.75, 3.05) is 18.4 Å². The van der Waals surface area contributed by atoms with Crippen LogP contribution in [0.5, 0.6) is 0 Å². The maximum absolute atomic E-state index is 11.6. The largest absolute Gasteiger partial charge is 0.420 e. The van der Waals surface area contributed by atoms with Gasteiger partial charge in [0.05, 0.1) is 6.10 Å². The average Bonchev–Trinajstić information content (AvgIpc) is 2.79. The van der Waals surface area contributed by atoms with Gasteiger partial charge < -0.3 is 14.7 Å². The molecule has 1 atom stereocenters. The van der Waals surface area contributed by atoms with E-state index in [1.165, 1.54) is 4.90 Å². The lowest BCUT2D eigenvalue weighted by Gasteiger charge is -2.14. The normalized spacial score (nSPS) is 18.2. The molecule has 19 heavy (non-hydrogen) atoms. The summed E-state index contributed by atoms with van der Waals surface area (Å²) in [5.74, 6) is 0. The Bertz CT molecular complexity index is 477. The molecule has 102 valence electrons. The van der Waals surface area contributed by atoms with E-state index >= 15 is 0 Å². The number of aliphatic hydroxyl groups is 1. The molecule has 0 bridgehead atoms. The van der Waals surface area contributed by atoms with Gasteiger partial charge in [-0.1, -0.05) is 15.9 Å². The number of hydrogen-bond donors (Lipinski definition) is 2. The van der Waals surface area contributed by atoms with Gasteiger partial charge in [-0.05, 0) is 30.7 Å². The summed E-state index contributed by atoms with van der Waals surface area (Å²) in [5.41, 5.74) is 0.530. The summed E-state index contributed by atoms with van der Waals surface area (Å²) in [6, 6.07) is 6.87. The third-order valence-corrected chi connectivity index (χ3v) is 3.22. The minimum absolute atomic E-state index is 0.199. The summed E-state index contributed by atoms with van der Waals surface area (Å²) in [6.45, 7) is 0.593. The number of benzene rings is 1. The van der Waals surface area contributed by atoms with Gasteiger partial charge >= 0.3 is 12.2 Å². The van der Waals surface area contributed by atoms with Crippen molar-refractivity contribution in [2.24, 2.45) is 0 Å². The van der Waals surface area contributed by atoms with E-state index in [-0.39, 0.29) is 6.54 Å². The Labute approximate surface area is 118 Å². The first-order valence-electron chi connectivity index (χ1n) is 5.76. The number of rotatable bonds is 1. The van der Waals surface area contributed by atoms with E-state index in [9.17, 15) is 14.7 Å². The molecule has 2 amide bonds. The molecule has 1 aliphatic heterocycles. The molecule has 0 saturated carbocycles. The van der Waals surface area contributed by atoms with Crippen molar-refractivity contribution in [1.29, 1.82) is 0 Å². The highest BCUT2D eigenvalue weighted by molar-refractivity contribution is 9.10. The molecule has 0 spiro atoms. The number of β-amino-alcohol motifs (C(OH)–C–C–N with tert-alkyl or cyclic N) is 1. The lowest BCUT2D eigenvalue weighted by molar-refractivity contribution is 0.123. The molecular weight excluding hydrogens is 316 g/mol. The smallest absolute Gasteiger partial charge is 0.391 e. The Morgan fingerprint density at radius 3 is 2.63 bits per heavy atom.